The van der Waals surface area contributed by atoms with Crippen molar-refractivity contribution in [3.05, 3.63) is 34.4 Å². The van der Waals surface area contributed by atoms with E-state index in [4.69, 9.17) is 11.6 Å². The molecule has 0 saturated carbocycles. The SMILES string of the molecule is C=C1N=C2c3c(c(F)c(C)c(Cl)c3S(=O)(=O)CC3CN(C)CCN23)N1C. The molecule has 1 unspecified atom stereocenters. The van der Waals surface area contributed by atoms with Gasteiger partial charge in [-0.15, -0.1) is 0 Å². The molecular weight excluding hydrogens is 379 g/mol. The van der Waals surface area contributed by atoms with Crippen molar-refractivity contribution in [1.82, 2.24) is 9.80 Å². The Labute approximate surface area is 157 Å². The number of nitrogens with zero attached hydrogens (tertiary/aromatic N) is 4. The van der Waals surface area contributed by atoms with Crippen LogP contribution < -0.4 is 4.90 Å². The Bertz CT molecular complexity index is 976. The minimum atomic E-state index is -3.72. The van der Waals surface area contributed by atoms with Crippen molar-refractivity contribution in [2.24, 2.45) is 4.99 Å². The summed E-state index contributed by atoms with van der Waals surface area (Å²) in [5, 5.41) is -0.0527. The lowest BCUT2D eigenvalue weighted by molar-refractivity contribution is 0.164. The molecular formula is C17H20ClFN4O2S. The molecule has 1 atom stereocenters. The van der Waals surface area contributed by atoms with E-state index in [-0.39, 0.29) is 38.5 Å². The number of anilines is 1. The summed E-state index contributed by atoms with van der Waals surface area (Å²) in [5.41, 5.74) is 0.571. The topological polar surface area (TPSA) is 56.2 Å². The average Bonchev–Trinajstić information content (AvgIpc) is 2.64. The summed E-state index contributed by atoms with van der Waals surface area (Å²) in [5.74, 6) is 0.214. The molecule has 1 saturated heterocycles. The van der Waals surface area contributed by atoms with Crippen molar-refractivity contribution < 1.29 is 12.8 Å². The second-order valence-corrected chi connectivity index (χ2v) is 9.46. The van der Waals surface area contributed by atoms with Gasteiger partial charge in [0.25, 0.3) is 0 Å². The van der Waals surface area contributed by atoms with Gasteiger partial charge >= 0.3 is 0 Å². The number of fused-ring (bicyclic) bond motifs is 2. The van der Waals surface area contributed by atoms with E-state index >= 15 is 4.39 Å². The number of rotatable bonds is 0. The quantitative estimate of drug-likeness (QED) is 0.624. The molecule has 0 aliphatic carbocycles. The molecule has 1 aromatic rings. The van der Waals surface area contributed by atoms with E-state index in [0.717, 1.165) is 6.54 Å². The van der Waals surface area contributed by atoms with Gasteiger partial charge in [-0.25, -0.2) is 17.8 Å². The van der Waals surface area contributed by atoms with Gasteiger partial charge in [-0.05, 0) is 14.0 Å². The van der Waals surface area contributed by atoms with Crippen LogP contribution in [0.1, 0.15) is 11.1 Å². The first-order chi connectivity index (χ1) is 12.1. The van der Waals surface area contributed by atoms with Crippen LogP contribution in [0.5, 0.6) is 0 Å². The molecule has 0 radical (unpaired) electrons. The molecule has 0 amide bonds. The molecule has 0 aromatic heterocycles. The van der Waals surface area contributed by atoms with Crippen LogP contribution in [-0.4, -0.2) is 69.6 Å². The number of benzene rings is 1. The number of aliphatic imine (C=N–C) groups is 1. The number of amidine groups is 1. The third-order valence-electron chi connectivity index (χ3n) is 5.39. The van der Waals surface area contributed by atoms with Gasteiger partial charge in [0, 0.05) is 32.2 Å². The van der Waals surface area contributed by atoms with E-state index in [2.05, 4.69) is 16.5 Å². The molecule has 3 aliphatic heterocycles. The normalized spacial score (nSPS) is 24.7. The first kappa shape index (κ1) is 17.8. The molecule has 4 rings (SSSR count). The third kappa shape index (κ3) is 2.32. The van der Waals surface area contributed by atoms with E-state index in [1.54, 1.807) is 7.05 Å². The maximum absolute atomic E-state index is 15.1. The highest BCUT2D eigenvalue weighted by atomic mass is 35.5. The lowest BCUT2D eigenvalue weighted by Crippen LogP contribution is -2.56. The van der Waals surface area contributed by atoms with Crippen LogP contribution in [-0.2, 0) is 9.84 Å². The molecule has 0 N–H and O–H groups in total. The van der Waals surface area contributed by atoms with Gasteiger partial charge in [0.1, 0.15) is 11.7 Å². The van der Waals surface area contributed by atoms with Crippen LogP contribution in [0.4, 0.5) is 10.1 Å². The Kier molecular flexibility index (Phi) is 3.88. The monoisotopic (exact) mass is 398 g/mol. The van der Waals surface area contributed by atoms with Gasteiger partial charge in [-0.1, -0.05) is 18.2 Å². The van der Waals surface area contributed by atoms with Crippen LogP contribution in [0.15, 0.2) is 22.3 Å². The fourth-order valence-corrected chi connectivity index (χ4v) is 6.36. The maximum atomic E-state index is 15.1. The zero-order valence-corrected chi connectivity index (χ0v) is 16.5. The number of halogens is 2. The largest absolute Gasteiger partial charge is 0.349 e. The van der Waals surface area contributed by atoms with E-state index in [0.29, 0.717) is 24.7 Å². The molecule has 1 fully saturated rings. The summed E-state index contributed by atoms with van der Waals surface area (Å²) in [6.45, 7) is 7.37. The number of likely N-dealkylation sites (N-methyl/N-ethyl adjacent to an activating group) is 1. The number of hydrogen-bond donors (Lipinski definition) is 0. The van der Waals surface area contributed by atoms with Crippen molar-refractivity contribution in [2.45, 2.75) is 17.9 Å². The van der Waals surface area contributed by atoms with Gasteiger partial charge in [-0.2, -0.15) is 0 Å². The Morgan fingerprint density at radius 3 is 2.69 bits per heavy atom. The second-order valence-electron chi connectivity index (χ2n) is 7.11. The average molecular weight is 399 g/mol. The van der Waals surface area contributed by atoms with Gasteiger partial charge in [0.05, 0.1) is 33.0 Å². The fourth-order valence-electron chi connectivity index (χ4n) is 3.94. The Balaban J connectivity index is 2.11. The van der Waals surface area contributed by atoms with Crippen molar-refractivity contribution in [1.29, 1.82) is 0 Å². The molecule has 140 valence electrons. The lowest BCUT2D eigenvalue weighted by Gasteiger charge is -2.42. The predicted octanol–water partition coefficient (Wildman–Crippen LogP) is 1.86. The number of sulfone groups is 1. The van der Waals surface area contributed by atoms with Crippen LogP contribution in [0.3, 0.4) is 0 Å². The maximum Gasteiger partial charge on any atom is 0.182 e. The highest BCUT2D eigenvalue weighted by molar-refractivity contribution is 7.91. The molecule has 3 aliphatic rings. The first-order valence-corrected chi connectivity index (χ1v) is 10.4. The first-order valence-electron chi connectivity index (χ1n) is 8.34. The smallest absolute Gasteiger partial charge is 0.182 e. The summed E-state index contributed by atoms with van der Waals surface area (Å²) in [6.07, 6.45) is 0. The molecule has 6 nitrogen and oxygen atoms in total. The number of piperazine rings is 1. The van der Waals surface area contributed by atoms with Crippen molar-refractivity contribution in [3.63, 3.8) is 0 Å². The van der Waals surface area contributed by atoms with Crippen molar-refractivity contribution >= 4 is 33.0 Å². The second kappa shape index (κ2) is 5.68. The number of hydrogen-bond acceptors (Lipinski definition) is 6. The summed E-state index contributed by atoms with van der Waals surface area (Å²) in [7, 11) is -0.128. The molecule has 1 aromatic carbocycles. The third-order valence-corrected chi connectivity index (χ3v) is 7.83. The van der Waals surface area contributed by atoms with E-state index in [1.165, 1.54) is 11.8 Å². The summed E-state index contributed by atoms with van der Waals surface area (Å²) in [6, 6.07) is -0.270. The van der Waals surface area contributed by atoms with Gasteiger partial charge in [0.15, 0.2) is 15.7 Å². The van der Waals surface area contributed by atoms with Gasteiger partial charge < -0.3 is 14.7 Å². The molecule has 3 heterocycles. The van der Waals surface area contributed by atoms with Gasteiger partial charge in [0.2, 0.25) is 0 Å². The summed E-state index contributed by atoms with van der Waals surface area (Å²) < 4.78 is 41.5. The predicted molar refractivity (Wildman–Crippen MR) is 100 cm³/mol. The Hall–Kier alpha value is -1.64. The highest BCUT2D eigenvalue weighted by Gasteiger charge is 2.44. The van der Waals surface area contributed by atoms with Crippen LogP contribution >= 0.6 is 11.6 Å². The molecule has 0 spiro atoms. The van der Waals surface area contributed by atoms with Crippen LogP contribution in [0, 0.1) is 12.7 Å². The fraction of sp³-hybridized carbons (Fsp3) is 0.471. The van der Waals surface area contributed by atoms with Crippen molar-refractivity contribution in [2.75, 3.05) is 44.4 Å². The highest BCUT2D eigenvalue weighted by Crippen LogP contribution is 2.45. The minimum absolute atomic E-state index is 0.0109. The zero-order valence-electron chi connectivity index (χ0n) is 14.9. The molecule has 26 heavy (non-hydrogen) atoms. The molecule has 0 bridgehead atoms. The molecule has 9 heteroatoms. The van der Waals surface area contributed by atoms with Crippen molar-refractivity contribution in [3.8, 4) is 0 Å². The Morgan fingerprint density at radius 2 is 2.00 bits per heavy atom. The van der Waals surface area contributed by atoms with Crippen LogP contribution in [0.25, 0.3) is 0 Å². The summed E-state index contributed by atoms with van der Waals surface area (Å²) >= 11 is 6.36. The van der Waals surface area contributed by atoms with Gasteiger partial charge in [-0.3, -0.25) is 0 Å². The van der Waals surface area contributed by atoms with E-state index < -0.39 is 15.7 Å². The van der Waals surface area contributed by atoms with E-state index in [9.17, 15) is 8.42 Å². The standard InChI is InChI=1S/C17H20ClFN4O2S/c1-9-13(18)16-12-15(14(9)19)22(4)10(2)20-17(12)23-6-5-21(3)7-11(23)8-26(16,24)25/h11H,2,5-8H2,1,3-4H3. The van der Waals surface area contributed by atoms with E-state index in [1.807, 2.05) is 11.9 Å². The lowest BCUT2D eigenvalue weighted by atomic mass is 10.0. The zero-order chi connectivity index (χ0) is 19.0. The summed E-state index contributed by atoms with van der Waals surface area (Å²) in [4.78, 5) is 10.1. The Morgan fingerprint density at radius 1 is 1.31 bits per heavy atom. The van der Waals surface area contributed by atoms with Crippen LogP contribution in [0.2, 0.25) is 5.02 Å². The minimum Gasteiger partial charge on any atom is -0.349 e.